The fourth-order valence-corrected chi connectivity index (χ4v) is 4.10. The van der Waals surface area contributed by atoms with Crippen LogP contribution in [-0.4, -0.2) is 25.0 Å². The van der Waals surface area contributed by atoms with Crippen molar-refractivity contribution in [3.05, 3.63) is 125 Å². The molecule has 0 aliphatic rings. The van der Waals surface area contributed by atoms with Gasteiger partial charge in [0.25, 0.3) is 0 Å². The fraction of sp³-hybridized carbons (Fsp3) is 0.273. The summed E-state index contributed by atoms with van der Waals surface area (Å²) in [5.41, 5.74) is 12.4. The van der Waals surface area contributed by atoms with Crippen LogP contribution in [0.3, 0.4) is 0 Å². The number of thiol groups is 1. The molecule has 0 spiro atoms. The van der Waals surface area contributed by atoms with Gasteiger partial charge in [-0.2, -0.15) is 0 Å². The van der Waals surface area contributed by atoms with E-state index < -0.39 is 0 Å². The van der Waals surface area contributed by atoms with Crippen molar-refractivity contribution in [1.82, 2.24) is 9.62 Å². The zero-order valence-corrected chi connectivity index (χ0v) is 24.9. The summed E-state index contributed by atoms with van der Waals surface area (Å²) in [5, 5.41) is 6.98. The highest BCUT2D eigenvalue weighted by Crippen LogP contribution is 2.27. The molecule has 2 aromatic rings. The van der Waals surface area contributed by atoms with Crippen molar-refractivity contribution in [2.24, 2.45) is 0 Å². The summed E-state index contributed by atoms with van der Waals surface area (Å²) in [4.78, 5) is 2.23. The molecule has 0 bridgehead atoms. The van der Waals surface area contributed by atoms with Gasteiger partial charge in [-0.1, -0.05) is 75.1 Å². The van der Waals surface area contributed by atoms with Gasteiger partial charge in [0.2, 0.25) is 0 Å². The van der Waals surface area contributed by atoms with E-state index in [9.17, 15) is 0 Å². The minimum Gasteiger partial charge on any atom is -0.355 e. The lowest BCUT2D eigenvalue weighted by Crippen LogP contribution is -2.26. The quantitative estimate of drug-likeness (QED) is 0.147. The van der Waals surface area contributed by atoms with Crippen LogP contribution >= 0.6 is 12.8 Å². The molecule has 0 radical (unpaired) electrons. The molecule has 3 N–H and O–H groups in total. The highest BCUT2D eigenvalue weighted by molar-refractivity contribution is 7.78. The number of rotatable bonds is 14. The van der Waals surface area contributed by atoms with Crippen LogP contribution in [-0.2, 0) is 6.42 Å². The average molecular weight is 529 g/mol. The summed E-state index contributed by atoms with van der Waals surface area (Å²) in [6.45, 7) is 28.7. The first-order valence-corrected chi connectivity index (χ1v) is 13.3. The van der Waals surface area contributed by atoms with Crippen molar-refractivity contribution in [1.29, 1.82) is 0 Å². The van der Waals surface area contributed by atoms with Crippen molar-refractivity contribution in [3.8, 4) is 0 Å². The predicted octanol–water partition coefficient (Wildman–Crippen LogP) is 8.20. The maximum atomic E-state index is 4.35. The van der Waals surface area contributed by atoms with Crippen LogP contribution in [0.4, 0.5) is 11.4 Å². The number of benzene rings is 2. The first-order valence-electron chi connectivity index (χ1n) is 12.8. The standard InChI is InChI=1S/C33H44N4S/c1-22(2)11-15-31(23(3)4)27(8)34-30-14-12-24(5)32(20-30)28(9)35-33-16-13-29(19-25(33)6)17-18-37(10)21-26(7)36-38/h11-16,19-20,34-36,38H,3,7-9,17-18,21H2,1-2,4-6,10H3/b31-15+. The van der Waals surface area contributed by atoms with Crippen LogP contribution in [0, 0.1) is 13.8 Å². The zero-order chi connectivity index (χ0) is 28.4. The first-order chi connectivity index (χ1) is 17.9. The number of aryl methyl sites for hydroxylation is 2. The van der Waals surface area contributed by atoms with E-state index in [1.807, 2.05) is 6.92 Å². The third-order valence-electron chi connectivity index (χ3n) is 6.20. The molecule has 0 aliphatic heterocycles. The monoisotopic (exact) mass is 528 g/mol. The van der Waals surface area contributed by atoms with Crippen LogP contribution < -0.4 is 15.4 Å². The number of anilines is 2. The zero-order valence-electron chi connectivity index (χ0n) is 24.0. The minimum atomic E-state index is 0.767. The van der Waals surface area contributed by atoms with Gasteiger partial charge in [-0.15, -0.1) is 0 Å². The number of nitrogens with zero attached hydrogens (tertiary/aromatic N) is 1. The maximum Gasteiger partial charge on any atom is 0.0414 e. The Labute approximate surface area is 236 Å². The van der Waals surface area contributed by atoms with Crippen LogP contribution in [0.15, 0.2) is 103 Å². The van der Waals surface area contributed by atoms with Crippen LogP contribution in [0.5, 0.6) is 0 Å². The molecule has 202 valence electrons. The number of allylic oxidation sites excluding steroid dienone is 4. The molecule has 0 aliphatic carbocycles. The van der Waals surface area contributed by atoms with E-state index in [4.69, 9.17) is 0 Å². The molecule has 0 fully saturated rings. The molecular formula is C33H44N4S. The van der Waals surface area contributed by atoms with Crippen LogP contribution in [0.25, 0.3) is 5.70 Å². The molecule has 0 saturated heterocycles. The van der Waals surface area contributed by atoms with Gasteiger partial charge >= 0.3 is 0 Å². The van der Waals surface area contributed by atoms with E-state index in [1.165, 1.54) is 16.7 Å². The molecule has 4 nitrogen and oxygen atoms in total. The Hall–Kier alpha value is -3.41. The number of hydrogen-bond acceptors (Lipinski definition) is 5. The molecule has 5 heteroatoms. The maximum absolute atomic E-state index is 4.35. The highest BCUT2D eigenvalue weighted by atomic mass is 32.1. The Kier molecular flexibility index (Phi) is 11.8. The van der Waals surface area contributed by atoms with E-state index in [2.05, 4.69) is 143 Å². The molecular weight excluding hydrogens is 484 g/mol. The second kappa shape index (κ2) is 14.5. The van der Waals surface area contributed by atoms with Gasteiger partial charge in [0.05, 0.1) is 0 Å². The third-order valence-corrected chi connectivity index (χ3v) is 6.52. The van der Waals surface area contributed by atoms with Crippen molar-refractivity contribution in [2.75, 3.05) is 30.8 Å². The topological polar surface area (TPSA) is 39.3 Å². The summed E-state index contributed by atoms with van der Waals surface area (Å²) in [6, 6.07) is 12.8. The largest absolute Gasteiger partial charge is 0.355 e. The third kappa shape index (κ3) is 9.47. The van der Waals surface area contributed by atoms with Crippen LogP contribution in [0.2, 0.25) is 0 Å². The molecule has 0 heterocycles. The lowest BCUT2D eigenvalue weighted by Gasteiger charge is -2.19. The normalized spacial score (nSPS) is 11.1. The van der Waals surface area contributed by atoms with Crippen LogP contribution in [0.1, 0.15) is 43.0 Å². The minimum absolute atomic E-state index is 0.767. The van der Waals surface area contributed by atoms with E-state index in [1.54, 1.807) is 0 Å². The Bertz CT molecular complexity index is 1260. The Morgan fingerprint density at radius 2 is 1.63 bits per heavy atom. The Morgan fingerprint density at radius 3 is 2.24 bits per heavy atom. The van der Waals surface area contributed by atoms with Crippen molar-refractivity contribution in [3.63, 3.8) is 0 Å². The van der Waals surface area contributed by atoms with Gasteiger partial charge in [0.1, 0.15) is 0 Å². The van der Waals surface area contributed by atoms with E-state index in [0.29, 0.717) is 0 Å². The van der Waals surface area contributed by atoms with E-state index in [0.717, 1.165) is 70.2 Å². The molecule has 38 heavy (non-hydrogen) atoms. The second-order valence-electron chi connectivity index (χ2n) is 10.2. The lowest BCUT2D eigenvalue weighted by molar-refractivity contribution is 0.364. The molecule has 0 aromatic heterocycles. The molecule has 2 aromatic carbocycles. The molecule has 0 saturated carbocycles. The average Bonchev–Trinajstić information content (AvgIpc) is 2.84. The second-order valence-corrected chi connectivity index (χ2v) is 10.4. The number of likely N-dealkylation sites (N-methyl/N-ethyl adjacent to an activating group) is 1. The van der Waals surface area contributed by atoms with Gasteiger partial charge < -0.3 is 20.3 Å². The van der Waals surface area contributed by atoms with Gasteiger partial charge in [0.15, 0.2) is 0 Å². The molecule has 2 rings (SSSR count). The van der Waals surface area contributed by atoms with Gasteiger partial charge in [-0.3, -0.25) is 0 Å². The fourth-order valence-electron chi connectivity index (χ4n) is 4.03. The lowest BCUT2D eigenvalue weighted by atomic mass is 10.0. The smallest absolute Gasteiger partial charge is 0.0414 e. The van der Waals surface area contributed by atoms with Gasteiger partial charge in [-0.25, -0.2) is 0 Å². The molecule has 0 atom stereocenters. The van der Waals surface area contributed by atoms with Gasteiger partial charge in [0, 0.05) is 47.1 Å². The summed E-state index contributed by atoms with van der Waals surface area (Å²) >= 11 is 4.06. The van der Waals surface area contributed by atoms with E-state index in [-0.39, 0.29) is 0 Å². The SMILES string of the molecule is C=C(CN(C)CCc1ccc(NC(=C)c2cc(NC(=C)/C(=C/C=C(C)C)C(=C)C)ccc2C)c(C)c1)NS. The van der Waals surface area contributed by atoms with Crippen molar-refractivity contribution >= 4 is 29.9 Å². The van der Waals surface area contributed by atoms with Gasteiger partial charge in [-0.05, 0) is 94.1 Å². The summed E-state index contributed by atoms with van der Waals surface area (Å²) in [6.07, 6.45) is 5.10. The summed E-state index contributed by atoms with van der Waals surface area (Å²) in [5.74, 6) is 0. The molecule has 0 amide bonds. The number of hydrogen-bond donors (Lipinski definition) is 4. The molecule has 0 unspecified atom stereocenters. The first kappa shape index (κ1) is 30.8. The highest BCUT2D eigenvalue weighted by Gasteiger charge is 2.10. The number of nitrogens with one attached hydrogen (secondary N) is 3. The summed E-state index contributed by atoms with van der Waals surface area (Å²) in [7, 11) is 2.09. The Morgan fingerprint density at radius 1 is 0.921 bits per heavy atom. The van der Waals surface area contributed by atoms with E-state index >= 15 is 0 Å². The van der Waals surface area contributed by atoms with Crippen molar-refractivity contribution in [2.45, 2.75) is 41.0 Å². The Balaban J connectivity index is 2.13. The summed E-state index contributed by atoms with van der Waals surface area (Å²) < 4.78 is 2.80. The predicted molar refractivity (Wildman–Crippen MR) is 173 cm³/mol. The van der Waals surface area contributed by atoms with Crippen molar-refractivity contribution < 1.29 is 0 Å².